The van der Waals surface area contributed by atoms with Gasteiger partial charge in [0.15, 0.2) is 0 Å². The Morgan fingerprint density at radius 2 is 1.14 bits per heavy atom. The van der Waals surface area contributed by atoms with Gasteiger partial charge in [-0.15, -0.1) is 0 Å². The summed E-state index contributed by atoms with van der Waals surface area (Å²) in [5.74, 6) is 0.539. The monoisotopic (exact) mass is 368 g/mol. The fourth-order valence-electron chi connectivity index (χ4n) is 2.85. The van der Waals surface area contributed by atoms with E-state index in [2.05, 4.69) is 49.6 Å². The second-order valence-electron chi connectivity index (χ2n) is 6.41. The molecule has 0 atom stereocenters. The summed E-state index contributed by atoms with van der Waals surface area (Å²) < 4.78 is 5.71. The molecule has 3 nitrogen and oxygen atoms in total. The zero-order valence-corrected chi connectivity index (χ0v) is 15.8. The van der Waals surface area contributed by atoms with Crippen molar-refractivity contribution in [3.05, 3.63) is 115 Å². The number of rotatable bonds is 7. The predicted octanol–water partition coefficient (Wildman–Crippen LogP) is 5.66. The lowest BCUT2D eigenvalue weighted by Crippen LogP contribution is -2.01. The van der Waals surface area contributed by atoms with Gasteiger partial charge in [0, 0.05) is 5.69 Å². The molecule has 3 heteroatoms. The summed E-state index contributed by atoms with van der Waals surface area (Å²) in [4.78, 5) is 0. The van der Waals surface area contributed by atoms with Crippen LogP contribution in [0.2, 0.25) is 0 Å². The Kier molecular flexibility index (Phi) is 5.97. The maximum atomic E-state index is 5.81. The van der Waals surface area contributed by atoms with E-state index in [1.165, 1.54) is 0 Å². The number of benzene rings is 3. The molecule has 0 spiro atoms. The highest BCUT2D eigenvalue weighted by molar-refractivity contribution is 5.71. The molecule has 0 aliphatic rings. The summed E-state index contributed by atoms with van der Waals surface area (Å²) >= 11 is 0. The number of nitrogen functional groups attached to an aromatic ring is 1. The van der Waals surface area contributed by atoms with Crippen LogP contribution in [0.1, 0.15) is 5.56 Å². The largest absolute Gasteiger partial charge is 0.487 e. The molecule has 0 saturated heterocycles. The topological polar surface area (TPSA) is 61.3 Å². The van der Waals surface area contributed by atoms with Gasteiger partial charge < -0.3 is 16.2 Å². The summed E-state index contributed by atoms with van der Waals surface area (Å²) in [6.07, 6.45) is 3.14. The molecule has 0 bridgehead atoms. The van der Waals surface area contributed by atoms with E-state index in [1.54, 1.807) is 12.2 Å². The van der Waals surface area contributed by atoms with Gasteiger partial charge in [0.25, 0.3) is 0 Å². The summed E-state index contributed by atoms with van der Waals surface area (Å²) in [5.41, 5.74) is 18.5. The van der Waals surface area contributed by atoms with Gasteiger partial charge in [-0.25, -0.2) is 0 Å². The van der Waals surface area contributed by atoms with Gasteiger partial charge in [0.1, 0.15) is 12.4 Å². The second kappa shape index (κ2) is 8.78. The molecule has 0 unspecified atom stereocenters. The molecule has 3 rings (SSSR count). The van der Waals surface area contributed by atoms with Crippen molar-refractivity contribution in [2.75, 3.05) is 5.73 Å². The molecule has 0 heterocycles. The summed E-state index contributed by atoms with van der Waals surface area (Å²) in [6, 6.07) is 24.7. The van der Waals surface area contributed by atoms with Crippen molar-refractivity contribution in [3.63, 3.8) is 0 Å². The van der Waals surface area contributed by atoms with E-state index < -0.39 is 0 Å². The van der Waals surface area contributed by atoms with Gasteiger partial charge >= 0.3 is 0 Å². The van der Waals surface area contributed by atoms with Gasteiger partial charge in [-0.1, -0.05) is 73.8 Å². The van der Waals surface area contributed by atoms with E-state index in [0.29, 0.717) is 18.1 Å². The average molecular weight is 368 g/mol. The Hall–Kier alpha value is -3.72. The SMILES string of the molecule is C=C/C(N)=C(\C=C)OCc1ccc(-c2ccc(-c3ccc(N)cc3)cc2)cc1. The van der Waals surface area contributed by atoms with Crippen LogP contribution in [-0.4, -0.2) is 0 Å². The van der Waals surface area contributed by atoms with Crippen LogP contribution in [0.5, 0.6) is 0 Å². The van der Waals surface area contributed by atoms with Crippen LogP contribution in [0.25, 0.3) is 22.3 Å². The Balaban J connectivity index is 1.70. The van der Waals surface area contributed by atoms with Crippen molar-refractivity contribution in [2.45, 2.75) is 6.61 Å². The molecule has 0 aliphatic heterocycles. The lowest BCUT2D eigenvalue weighted by molar-refractivity contribution is 0.208. The Morgan fingerprint density at radius 3 is 1.57 bits per heavy atom. The van der Waals surface area contributed by atoms with E-state index in [1.807, 2.05) is 36.4 Å². The van der Waals surface area contributed by atoms with E-state index in [0.717, 1.165) is 33.5 Å². The third-order valence-corrected chi connectivity index (χ3v) is 4.50. The molecule has 140 valence electrons. The van der Waals surface area contributed by atoms with Crippen molar-refractivity contribution in [1.29, 1.82) is 0 Å². The summed E-state index contributed by atoms with van der Waals surface area (Å²) in [7, 11) is 0. The molecule has 0 amide bonds. The second-order valence-corrected chi connectivity index (χ2v) is 6.41. The number of anilines is 1. The van der Waals surface area contributed by atoms with Crippen LogP contribution in [0, 0.1) is 0 Å². The molecule has 4 N–H and O–H groups in total. The smallest absolute Gasteiger partial charge is 0.142 e. The van der Waals surface area contributed by atoms with E-state index in [9.17, 15) is 0 Å². The minimum Gasteiger partial charge on any atom is -0.487 e. The zero-order valence-electron chi connectivity index (χ0n) is 15.8. The first-order chi connectivity index (χ1) is 13.6. The van der Waals surface area contributed by atoms with Gasteiger partial charge in [-0.2, -0.15) is 0 Å². The Bertz CT molecular complexity index is 982. The minimum absolute atomic E-state index is 0.423. The van der Waals surface area contributed by atoms with Crippen LogP contribution in [-0.2, 0) is 11.3 Å². The van der Waals surface area contributed by atoms with Crippen LogP contribution in [0.15, 0.2) is 110 Å². The highest BCUT2D eigenvalue weighted by atomic mass is 16.5. The van der Waals surface area contributed by atoms with Crippen LogP contribution >= 0.6 is 0 Å². The van der Waals surface area contributed by atoms with Crippen molar-refractivity contribution in [3.8, 4) is 22.3 Å². The van der Waals surface area contributed by atoms with Crippen molar-refractivity contribution < 1.29 is 4.74 Å². The molecule has 0 saturated carbocycles. The first kappa shape index (κ1) is 19.1. The van der Waals surface area contributed by atoms with E-state index >= 15 is 0 Å². The number of hydrogen-bond acceptors (Lipinski definition) is 3. The lowest BCUT2D eigenvalue weighted by Gasteiger charge is -2.10. The number of allylic oxidation sites excluding steroid dienone is 2. The maximum Gasteiger partial charge on any atom is 0.142 e. The van der Waals surface area contributed by atoms with Gasteiger partial charge in [0.05, 0.1) is 5.70 Å². The highest BCUT2D eigenvalue weighted by Gasteiger charge is 2.03. The quantitative estimate of drug-likeness (QED) is 0.321. The molecular weight excluding hydrogens is 344 g/mol. The molecule has 0 radical (unpaired) electrons. The minimum atomic E-state index is 0.423. The molecule has 3 aromatic carbocycles. The van der Waals surface area contributed by atoms with Crippen molar-refractivity contribution >= 4 is 5.69 Å². The number of nitrogens with two attached hydrogens (primary N) is 2. The summed E-state index contributed by atoms with van der Waals surface area (Å²) in [5, 5.41) is 0. The molecule has 0 fully saturated rings. The molecular formula is C25H24N2O. The lowest BCUT2D eigenvalue weighted by atomic mass is 9.99. The molecule has 28 heavy (non-hydrogen) atoms. The predicted molar refractivity (Wildman–Crippen MR) is 118 cm³/mol. The number of hydrogen-bond donors (Lipinski definition) is 2. The highest BCUT2D eigenvalue weighted by Crippen LogP contribution is 2.26. The molecule has 3 aromatic rings. The third-order valence-electron chi connectivity index (χ3n) is 4.50. The van der Waals surface area contributed by atoms with Crippen molar-refractivity contribution in [1.82, 2.24) is 0 Å². The fourth-order valence-corrected chi connectivity index (χ4v) is 2.85. The van der Waals surface area contributed by atoms with Gasteiger partial charge in [-0.3, -0.25) is 0 Å². The molecule has 0 aliphatic carbocycles. The summed E-state index contributed by atoms with van der Waals surface area (Å²) in [6.45, 7) is 7.78. The third kappa shape index (κ3) is 4.51. The first-order valence-corrected chi connectivity index (χ1v) is 9.03. The van der Waals surface area contributed by atoms with Crippen LogP contribution in [0.4, 0.5) is 5.69 Å². The van der Waals surface area contributed by atoms with Crippen LogP contribution in [0.3, 0.4) is 0 Å². The van der Waals surface area contributed by atoms with Crippen molar-refractivity contribution in [2.24, 2.45) is 5.73 Å². The fraction of sp³-hybridized carbons (Fsp3) is 0.0400. The van der Waals surface area contributed by atoms with Gasteiger partial charge in [-0.05, 0) is 52.1 Å². The maximum absolute atomic E-state index is 5.81. The standard InChI is InChI=1S/C25H24N2O/c1-3-24(27)25(4-2)28-17-18-5-7-19(8-6-18)20-9-11-21(12-10-20)22-13-15-23(26)16-14-22/h3-16H,1-2,17,26-27H2/b25-24-. The van der Waals surface area contributed by atoms with Crippen LogP contribution < -0.4 is 11.5 Å². The number of ether oxygens (including phenoxy) is 1. The zero-order chi connectivity index (χ0) is 19.9. The van der Waals surface area contributed by atoms with Gasteiger partial charge in [0.2, 0.25) is 0 Å². The first-order valence-electron chi connectivity index (χ1n) is 9.03. The average Bonchev–Trinajstić information content (AvgIpc) is 2.75. The Labute approximate surface area is 166 Å². The van der Waals surface area contributed by atoms with E-state index in [-0.39, 0.29) is 0 Å². The van der Waals surface area contributed by atoms with E-state index in [4.69, 9.17) is 16.2 Å². The normalized spacial score (nSPS) is 11.4. The Morgan fingerprint density at radius 1 is 0.714 bits per heavy atom. The molecule has 0 aromatic heterocycles.